The van der Waals surface area contributed by atoms with Crippen LogP contribution < -0.4 is 5.32 Å². The maximum absolute atomic E-state index is 13.3. The molecule has 3 nitrogen and oxygen atoms in total. The SMILES string of the molecule is C\C=C/C(=C\C(=C\CC)C(F)(F)F)C/C=C1/C(Nc2cc(C(F)(F)F)ccn2)CCCN1C. The largest absolute Gasteiger partial charge is 0.416 e. The highest BCUT2D eigenvalue weighted by Crippen LogP contribution is 2.32. The first-order valence-electron chi connectivity index (χ1n) is 10.8. The fraction of sp³-hybridized carbons (Fsp3) is 0.458. The van der Waals surface area contributed by atoms with Crippen molar-refractivity contribution < 1.29 is 26.3 Å². The first kappa shape index (κ1) is 26.5. The fourth-order valence-corrected chi connectivity index (χ4v) is 3.67. The molecule has 182 valence electrons. The average Bonchev–Trinajstić information content (AvgIpc) is 2.72. The number of likely N-dealkylation sites (N-methyl/N-ethyl adjacent to an activating group) is 1. The van der Waals surface area contributed by atoms with Gasteiger partial charge in [0, 0.05) is 25.5 Å². The van der Waals surface area contributed by atoms with E-state index in [9.17, 15) is 26.3 Å². The zero-order valence-corrected chi connectivity index (χ0v) is 18.9. The summed E-state index contributed by atoms with van der Waals surface area (Å²) in [6.45, 7) is 4.12. The maximum Gasteiger partial charge on any atom is 0.416 e. The summed E-state index contributed by atoms with van der Waals surface area (Å²) in [6.07, 6.45) is 1.59. The minimum Gasteiger partial charge on any atom is -0.376 e. The Morgan fingerprint density at radius 1 is 1.24 bits per heavy atom. The van der Waals surface area contributed by atoms with Gasteiger partial charge in [0.05, 0.1) is 17.2 Å². The Morgan fingerprint density at radius 2 is 1.97 bits per heavy atom. The Kier molecular flexibility index (Phi) is 9.19. The molecule has 2 rings (SSSR count). The molecule has 1 unspecified atom stereocenters. The van der Waals surface area contributed by atoms with Crippen LogP contribution in [0.5, 0.6) is 0 Å². The van der Waals surface area contributed by atoms with Crippen molar-refractivity contribution in [3.63, 3.8) is 0 Å². The number of piperidine rings is 1. The predicted molar refractivity (Wildman–Crippen MR) is 119 cm³/mol. The van der Waals surface area contributed by atoms with Gasteiger partial charge in [-0.15, -0.1) is 0 Å². The Labute approximate surface area is 190 Å². The van der Waals surface area contributed by atoms with Crippen LogP contribution in [0.15, 0.2) is 65.6 Å². The summed E-state index contributed by atoms with van der Waals surface area (Å²) in [6, 6.07) is 1.56. The van der Waals surface area contributed by atoms with Gasteiger partial charge in [0.15, 0.2) is 0 Å². The van der Waals surface area contributed by atoms with Crippen molar-refractivity contribution in [1.29, 1.82) is 0 Å². The second-order valence-corrected chi connectivity index (χ2v) is 7.81. The molecule has 1 N–H and O–H groups in total. The van der Waals surface area contributed by atoms with Crippen molar-refractivity contribution in [2.75, 3.05) is 18.9 Å². The third-order valence-electron chi connectivity index (χ3n) is 5.21. The number of nitrogens with zero attached hydrogens (tertiary/aromatic N) is 2. The van der Waals surface area contributed by atoms with Crippen molar-refractivity contribution in [3.8, 4) is 0 Å². The van der Waals surface area contributed by atoms with E-state index in [1.54, 1.807) is 26.0 Å². The van der Waals surface area contributed by atoms with Crippen molar-refractivity contribution in [2.45, 2.75) is 57.9 Å². The lowest BCUT2D eigenvalue weighted by Gasteiger charge is -2.35. The zero-order chi connectivity index (χ0) is 24.6. The van der Waals surface area contributed by atoms with Crippen LogP contribution in [0.2, 0.25) is 0 Å². The predicted octanol–water partition coefficient (Wildman–Crippen LogP) is 7.28. The van der Waals surface area contributed by atoms with Crippen LogP contribution in [0.25, 0.3) is 0 Å². The number of anilines is 1. The van der Waals surface area contributed by atoms with Gasteiger partial charge in [-0.1, -0.05) is 31.2 Å². The molecule has 2 heterocycles. The molecule has 0 aromatic carbocycles. The van der Waals surface area contributed by atoms with Gasteiger partial charge in [-0.05, 0) is 56.4 Å². The molecule has 1 atom stereocenters. The van der Waals surface area contributed by atoms with Gasteiger partial charge in [-0.2, -0.15) is 26.3 Å². The van der Waals surface area contributed by atoms with E-state index in [0.717, 1.165) is 49.1 Å². The lowest BCUT2D eigenvalue weighted by molar-refractivity contribution is -0.137. The van der Waals surface area contributed by atoms with Crippen LogP contribution in [0.4, 0.5) is 32.2 Å². The molecule has 1 fully saturated rings. The fourth-order valence-electron chi connectivity index (χ4n) is 3.67. The number of halogens is 6. The van der Waals surface area contributed by atoms with Gasteiger partial charge in [0.1, 0.15) is 5.82 Å². The second kappa shape index (κ2) is 11.4. The summed E-state index contributed by atoms with van der Waals surface area (Å²) in [5, 5.41) is 3.07. The molecule has 1 aliphatic rings. The molecule has 0 spiro atoms. The molecule has 1 saturated heterocycles. The number of allylic oxidation sites excluding steroid dienone is 7. The average molecular weight is 474 g/mol. The van der Waals surface area contributed by atoms with Crippen molar-refractivity contribution >= 4 is 5.82 Å². The van der Waals surface area contributed by atoms with Gasteiger partial charge in [0.25, 0.3) is 0 Å². The van der Waals surface area contributed by atoms with E-state index in [-0.39, 0.29) is 24.7 Å². The van der Waals surface area contributed by atoms with E-state index >= 15 is 0 Å². The van der Waals surface area contributed by atoms with Crippen LogP contribution in [0.1, 0.15) is 45.1 Å². The summed E-state index contributed by atoms with van der Waals surface area (Å²) in [7, 11) is 1.86. The van der Waals surface area contributed by atoms with Gasteiger partial charge in [-0.25, -0.2) is 4.98 Å². The van der Waals surface area contributed by atoms with Gasteiger partial charge in [0.2, 0.25) is 0 Å². The summed E-state index contributed by atoms with van der Waals surface area (Å²) in [5.41, 5.74) is -0.201. The number of rotatable bonds is 7. The van der Waals surface area contributed by atoms with E-state index < -0.39 is 23.5 Å². The minimum atomic E-state index is -4.48. The lowest BCUT2D eigenvalue weighted by atomic mass is 9.98. The third kappa shape index (κ3) is 7.98. The van der Waals surface area contributed by atoms with Crippen molar-refractivity contribution in [1.82, 2.24) is 9.88 Å². The number of hydrogen-bond donors (Lipinski definition) is 1. The van der Waals surface area contributed by atoms with Crippen molar-refractivity contribution in [2.24, 2.45) is 0 Å². The first-order valence-corrected chi connectivity index (χ1v) is 10.8. The minimum absolute atomic E-state index is 0.102. The van der Waals surface area contributed by atoms with Gasteiger partial charge >= 0.3 is 12.4 Å². The highest BCUT2D eigenvalue weighted by atomic mass is 19.4. The molecule has 33 heavy (non-hydrogen) atoms. The molecule has 0 radical (unpaired) electrons. The third-order valence-corrected chi connectivity index (χ3v) is 5.21. The van der Waals surface area contributed by atoms with Crippen LogP contribution in [-0.4, -0.2) is 35.7 Å². The van der Waals surface area contributed by atoms with Gasteiger partial charge < -0.3 is 10.2 Å². The Hall–Kier alpha value is -2.71. The van der Waals surface area contributed by atoms with E-state index in [2.05, 4.69) is 10.3 Å². The molecule has 0 saturated carbocycles. The van der Waals surface area contributed by atoms with Crippen LogP contribution >= 0.6 is 0 Å². The summed E-state index contributed by atoms with van der Waals surface area (Å²) < 4.78 is 79.1. The van der Waals surface area contributed by atoms with Crippen LogP contribution in [0, 0.1) is 0 Å². The summed E-state index contributed by atoms with van der Waals surface area (Å²) in [4.78, 5) is 5.97. The molecular weight excluding hydrogens is 444 g/mol. The number of hydrogen-bond acceptors (Lipinski definition) is 3. The van der Waals surface area contributed by atoms with Crippen molar-refractivity contribution in [3.05, 3.63) is 71.1 Å². The van der Waals surface area contributed by atoms with Crippen LogP contribution in [0.3, 0.4) is 0 Å². The van der Waals surface area contributed by atoms with E-state index in [1.807, 2.05) is 18.0 Å². The second-order valence-electron chi connectivity index (χ2n) is 7.81. The highest BCUT2D eigenvalue weighted by Gasteiger charge is 2.32. The molecule has 0 aliphatic carbocycles. The molecule has 1 aromatic rings. The number of aromatic nitrogens is 1. The topological polar surface area (TPSA) is 28.2 Å². The molecule has 0 bridgehead atoms. The Bertz CT molecular complexity index is 910. The molecule has 1 aromatic heterocycles. The smallest absolute Gasteiger partial charge is 0.376 e. The summed E-state index contributed by atoms with van der Waals surface area (Å²) >= 11 is 0. The first-order chi connectivity index (χ1) is 15.5. The standard InChI is InChI=1S/C24H29F6N3/c1-4-7-17(15-18(8-5-2)23(25,26)27)10-11-21-20(9-6-14-33(21)3)32-22-16-19(12-13-31-22)24(28,29)30/h4,7-8,11-13,15-16,20H,5-6,9-10,14H2,1-3H3,(H,31,32)/b7-4-,17-15+,18-8-,21-11-. The monoisotopic (exact) mass is 473 g/mol. The molecule has 9 heteroatoms. The highest BCUT2D eigenvalue weighted by molar-refractivity contribution is 5.42. The normalized spacial score (nSPS) is 20.1. The molecule has 1 aliphatic heterocycles. The van der Waals surface area contributed by atoms with E-state index in [0.29, 0.717) is 12.0 Å². The number of alkyl halides is 6. The maximum atomic E-state index is 13.3. The van der Waals surface area contributed by atoms with E-state index in [4.69, 9.17) is 0 Å². The number of pyridine rings is 1. The molecular formula is C24H29F6N3. The number of likely N-dealkylation sites (tertiary alicyclic amines) is 1. The summed E-state index contributed by atoms with van der Waals surface area (Å²) in [5.74, 6) is 0.102. The quantitative estimate of drug-likeness (QED) is 0.333. The van der Waals surface area contributed by atoms with E-state index in [1.165, 1.54) is 0 Å². The molecule has 0 amide bonds. The zero-order valence-electron chi connectivity index (χ0n) is 18.9. The van der Waals surface area contributed by atoms with Crippen LogP contribution in [-0.2, 0) is 6.18 Å². The van der Waals surface area contributed by atoms with Gasteiger partial charge in [-0.3, -0.25) is 0 Å². The Morgan fingerprint density at radius 3 is 2.58 bits per heavy atom. The Balaban J connectivity index is 2.31. The number of nitrogens with one attached hydrogen (secondary N) is 1. The lowest BCUT2D eigenvalue weighted by Crippen LogP contribution is -2.38.